The third-order valence-corrected chi connectivity index (χ3v) is 4.64. The van der Waals surface area contributed by atoms with E-state index in [1.54, 1.807) is 20.1 Å². The summed E-state index contributed by atoms with van der Waals surface area (Å²) in [6.45, 7) is 4.07. The van der Waals surface area contributed by atoms with Gasteiger partial charge < -0.3 is 9.47 Å². The second-order valence-corrected chi connectivity index (χ2v) is 6.34. The van der Waals surface area contributed by atoms with Crippen molar-refractivity contribution in [2.24, 2.45) is 0 Å². The van der Waals surface area contributed by atoms with Crippen LogP contribution in [0.5, 0.6) is 5.88 Å². The molecule has 0 fully saturated rings. The number of aromatic nitrogens is 3. The molecule has 0 spiro atoms. The van der Waals surface area contributed by atoms with Gasteiger partial charge in [0.05, 0.1) is 25.8 Å². The summed E-state index contributed by atoms with van der Waals surface area (Å²) in [5.74, 6) is 0.239. The molecule has 2 aromatic rings. The van der Waals surface area contributed by atoms with Crippen molar-refractivity contribution in [3.63, 3.8) is 0 Å². The fourth-order valence-electron chi connectivity index (χ4n) is 1.51. The van der Waals surface area contributed by atoms with Crippen LogP contribution in [0.4, 0.5) is 0 Å². The third-order valence-electron chi connectivity index (χ3n) is 2.50. The number of aryl methyl sites for hydroxylation is 1. The Balaban J connectivity index is 2.05. The lowest BCUT2D eigenvalue weighted by molar-refractivity contribution is -0.142. The lowest BCUT2D eigenvalue weighted by Gasteiger charge is -1.99. The first-order chi connectivity index (χ1) is 10.1. The number of ether oxygens (including phenoxy) is 2. The predicted octanol–water partition coefficient (Wildman–Crippen LogP) is 2.51. The Morgan fingerprint density at radius 3 is 2.81 bits per heavy atom. The summed E-state index contributed by atoms with van der Waals surface area (Å²) >= 11 is 2.88. The molecule has 2 rings (SSSR count). The van der Waals surface area contributed by atoms with Crippen LogP contribution in [0, 0.1) is 6.92 Å². The molecule has 0 aromatic carbocycles. The van der Waals surface area contributed by atoms with Crippen molar-refractivity contribution < 1.29 is 14.3 Å². The van der Waals surface area contributed by atoms with Crippen LogP contribution in [0.3, 0.4) is 0 Å². The highest BCUT2D eigenvalue weighted by Crippen LogP contribution is 2.32. The Kier molecular flexibility index (Phi) is 5.51. The van der Waals surface area contributed by atoms with Crippen LogP contribution >= 0.6 is 23.1 Å². The first kappa shape index (κ1) is 15.7. The van der Waals surface area contributed by atoms with E-state index in [0.717, 1.165) is 19.9 Å². The van der Waals surface area contributed by atoms with Gasteiger partial charge in [0.1, 0.15) is 5.03 Å². The molecule has 21 heavy (non-hydrogen) atoms. The Morgan fingerprint density at radius 1 is 1.38 bits per heavy atom. The maximum atomic E-state index is 11.5. The third kappa shape index (κ3) is 4.40. The number of carbonyl (C=O) groups excluding carboxylic acids is 1. The van der Waals surface area contributed by atoms with Crippen LogP contribution in [-0.4, -0.2) is 34.9 Å². The zero-order valence-electron chi connectivity index (χ0n) is 12.0. The number of methoxy groups -OCH3 is 1. The van der Waals surface area contributed by atoms with E-state index < -0.39 is 0 Å². The minimum absolute atomic E-state index is 0.231. The number of thiazole rings is 1. The van der Waals surface area contributed by atoms with Crippen LogP contribution in [0.1, 0.15) is 17.5 Å². The summed E-state index contributed by atoms with van der Waals surface area (Å²) in [4.78, 5) is 16.9. The molecule has 0 atom stereocenters. The standard InChI is InChI=1S/C13H15N3O3S2/c1-4-19-12(17)7-9-8(2)14-13(20-9)21-11-6-5-10(18-3)15-16-11/h5-6H,4,7H2,1-3H3. The topological polar surface area (TPSA) is 74.2 Å². The van der Waals surface area contributed by atoms with Gasteiger partial charge in [0.15, 0.2) is 4.34 Å². The maximum Gasteiger partial charge on any atom is 0.311 e. The number of nitrogens with zero attached hydrogens (tertiary/aromatic N) is 3. The lowest BCUT2D eigenvalue weighted by Crippen LogP contribution is -2.07. The van der Waals surface area contributed by atoms with Crippen molar-refractivity contribution >= 4 is 29.1 Å². The van der Waals surface area contributed by atoms with Crippen LogP contribution < -0.4 is 4.74 Å². The Hall–Kier alpha value is -1.67. The van der Waals surface area contributed by atoms with Gasteiger partial charge in [-0.1, -0.05) is 0 Å². The Labute approximate surface area is 130 Å². The van der Waals surface area contributed by atoms with Gasteiger partial charge in [0.25, 0.3) is 0 Å². The molecular weight excluding hydrogens is 310 g/mol. The van der Waals surface area contributed by atoms with Crippen molar-refractivity contribution in [1.82, 2.24) is 15.2 Å². The highest BCUT2D eigenvalue weighted by atomic mass is 32.2. The van der Waals surface area contributed by atoms with Crippen molar-refractivity contribution in [2.75, 3.05) is 13.7 Å². The SMILES string of the molecule is CCOC(=O)Cc1sc(Sc2ccc(OC)nn2)nc1C. The van der Waals surface area contributed by atoms with Crippen molar-refractivity contribution in [2.45, 2.75) is 29.6 Å². The smallest absolute Gasteiger partial charge is 0.311 e. The monoisotopic (exact) mass is 325 g/mol. The van der Waals surface area contributed by atoms with E-state index in [0.29, 0.717) is 12.5 Å². The van der Waals surface area contributed by atoms with Gasteiger partial charge in [0, 0.05) is 10.9 Å². The van der Waals surface area contributed by atoms with E-state index in [1.807, 2.05) is 13.0 Å². The minimum Gasteiger partial charge on any atom is -0.480 e. The normalized spacial score (nSPS) is 10.4. The number of hydrogen-bond donors (Lipinski definition) is 0. The molecule has 0 saturated carbocycles. The van der Waals surface area contributed by atoms with E-state index in [1.165, 1.54) is 23.1 Å². The van der Waals surface area contributed by atoms with Gasteiger partial charge in [-0.25, -0.2) is 4.98 Å². The average molecular weight is 325 g/mol. The molecule has 0 amide bonds. The van der Waals surface area contributed by atoms with Crippen LogP contribution in [0.2, 0.25) is 0 Å². The zero-order valence-corrected chi connectivity index (χ0v) is 13.6. The quantitative estimate of drug-likeness (QED) is 0.755. The summed E-state index contributed by atoms with van der Waals surface area (Å²) in [5, 5.41) is 8.67. The van der Waals surface area contributed by atoms with Crippen LogP contribution in [0.25, 0.3) is 0 Å². The van der Waals surface area contributed by atoms with Gasteiger partial charge in [-0.2, -0.15) is 0 Å². The highest BCUT2D eigenvalue weighted by molar-refractivity contribution is 8.01. The fraction of sp³-hybridized carbons (Fsp3) is 0.385. The van der Waals surface area contributed by atoms with Crippen molar-refractivity contribution in [1.29, 1.82) is 0 Å². The predicted molar refractivity (Wildman–Crippen MR) is 79.9 cm³/mol. The molecular formula is C13H15N3O3S2. The number of carbonyl (C=O) groups is 1. The van der Waals surface area contributed by atoms with E-state index in [4.69, 9.17) is 9.47 Å². The Bertz CT molecular complexity index is 614. The molecule has 0 N–H and O–H groups in total. The molecule has 0 aliphatic heterocycles. The van der Waals surface area contributed by atoms with E-state index in [2.05, 4.69) is 15.2 Å². The fourth-order valence-corrected chi connectivity index (χ4v) is 3.59. The summed E-state index contributed by atoms with van der Waals surface area (Å²) < 4.78 is 10.7. The molecule has 0 bridgehead atoms. The Morgan fingerprint density at radius 2 is 2.19 bits per heavy atom. The first-order valence-electron chi connectivity index (χ1n) is 6.30. The van der Waals surface area contributed by atoms with Crippen molar-refractivity contribution in [3.8, 4) is 5.88 Å². The molecule has 0 radical (unpaired) electrons. The lowest BCUT2D eigenvalue weighted by atomic mass is 10.3. The molecule has 0 unspecified atom stereocenters. The summed E-state index contributed by atoms with van der Waals surface area (Å²) in [5.41, 5.74) is 0.844. The highest BCUT2D eigenvalue weighted by Gasteiger charge is 2.14. The van der Waals surface area contributed by atoms with Crippen LogP contribution in [0.15, 0.2) is 21.5 Å². The summed E-state index contributed by atoms with van der Waals surface area (Å²) in [7, 11) is 1.54. The number of hydrogen-bond acceptors (Lipinski definition) is 8. The molecule has 8 heteroatoms. The second kappa shape index (κ2) is 7.37. The molecule has 6 nitrogen and oxygen atoms in total. The second-order valence-electron chi connectivity index (χ2n) is 3.99. The van der Waals surface area contributed by atoms with E-state index in [9.17, 15) is 4.79 Å². The molecule has 0 aliphatic carbocycles. The molecule has 0 saturated heterocycles. The van der Waals surface area contributed by atoms with E-state index in [-0.39, 0.29) is 12.4 Å². The largest absolute Gasteiger partial charge is 0.480 e. The zero-order chi connectivity index (χ0) is 15.2. The summed E-state index contributed by atoms with van der Waals surface area (Å²) in [6.07, 6.45) is 0.256. The maximum absolute atomic E-state index is 11.5. The number of esters is 1. The molecule has 0 aliphatic rings. The van der Waals surface area contributed by atoms with Gasteiger partial charge in [-0.05, 0) is 31.7 Å². The summed E-state index contributed by atoms with van der Waals surface area (Å²) in [6, 6.07) is 3.56. The molecule has 2 heterocycles. The van der Waals surface area contributed by atoms with Gasteiger partial charge in [-0.15, -0.1) is 21.5 Å². The minimum atomic E-state index is -0.231. The first-order valence-corrected chi connectivity index (χ1v) is 7.93. The molecule has 2 aromatic heterocycles. The van der Waals surface area contributed by atoms with Crippen LogP contribution in [-0.2, 0) is 16.0 Å². The number of rotatable bonds is 6. The van der Waals surface area contributed by atoms with Gasteiger partial charge in [-0.3, -0.25) is 4.79 Å². The van der Waals surface area contributed by atoms with E-state index >= 15 is 0 Å². The van der Waals surface area contributed by atoms with Gasteiger partial charge >= 0.3 is 5.97 Å². The average Bonchev–Trinajstić information content (AvgIpc) is 2.80. The van der Waals surface area contributed by atoms with Gasteiger partial charge in [0.2, 0.25) is 5.88 Å². The molecule has 112 valence electrons. The van der Waals surface area contributed by atoms with Crippen molar-refractivity contribution in [3.05, 3.63) is 22.7 Å².